The summed E-state index contributed by atoms with van der Waals surface area (Å²) < 4.78 is 0. The topological polar surface area (TPSA) is 73.3 Å². The second-order valence-corrected chi connectivity index (χ2v) is 4.04. The van der Waals surface area contributed by atoms with Crippen LogP contribution in [0.5, 0.6) is 0 Å². The molecule has 0 spiro atoms. The van der Waals surface area contributed by atoms with Gasteiger partial charge in [-0.15, -0.1) is 0 Å². The van der Waals surface area contributed by atoms with Crippen LogP contribution in [-0.4, -0.2) is 27.8 Å². The van der Waals surface area contributed by atoms with Gasteiger partial charge < -0.3 is 15.2 Å². The predicted molar refractivity (Wildman–Crippen MR) is 60.4 cm³/mol. The van der Waals surface area contributed by atoms with E-state index in [1.54, 1.807) is 6.20 Å². The molecular formula is C12H13NO3. The number of carboxylic acids is 1. The number of carbonyl (C=O) groups is 1. The van der Waals surface area contributed by atoms with Crippen molar-refractivity contribution in [3.8, 4) is 0 Å². The summed E-state index contributed by atoms with van der Waals surface area (Å²) in [6, 6.07) is 7.44. The Morgan fingerprint density at radius 3 is 2.75 bits per heavy atom. The van der Waals surface area contributed by atoms with Crippen molar-refractivity contribution in [3.63, 3.8) is 0 Å². The molecule has 0 bridgehead atoms. The van der Waals surface area contributed by atoms with Crippen LogP contribution in [0.25, 0.3) is 10.9 Å². The Balaban J connectivity index is 2.67. The molecule has 4 nitrogen and oxygen atoms in total. The van der Waals surface area contributed by atoms with E-state index < -0.39 is 18.0 Å². The Kier molecular flexibility index (Phi) is 2.44. The van der Waals surface area contributed by atoms with E-state index in [-0.39, 0.29) is 0 Å². The summed E-state index contributed by atoms with van der Waals surface area (Å²) in [6.07, 6.45) is 1.65. The first-order chi connectivity index (χ1) is 7.59. The van der Waals surface area contributed by atoms with Crippen molar-refractivity contribution in [3.05, 3.63) is 36.0 Å². The number of carboxylic acid groups (broad SMARTS) is 1. The number of H-pyrrole nitrogens is 1. The van der Waals surface area contributed by atoms with Crippen LogP contribution in [0.1, 0.15) is 12.5 Å². The third-order valence-corrected chi connectivity index (χ3v) is 2.97. The maximum atomic E-state index is 11.2. The van der Waals surface area contributed by atoms with Crippen LogP contribution >= 0.6 is 0 Å². The summed E-state index contributed by atoms with van der Waals surface area (Å²) in [7, 11) is 0. The van der Waals surface area contributed by atoms with Crippen LogP contribution in [0.15, 0.2) is 30.5 Å². The van der Waals surface area contributed by atoms with E-state index >= 15 is 0 Å². The summed E-state index contributed by atoms with van der Waals surface area (Å²) in [5.41, 5.74) is 0.219. The zero-order chi connectivity index (χ0) is 11.8. The zero-order valence-electron chi connectivity index (χ0n) is 8.90. The van der Waals surface area contributed by atoms with Gasteiger partial charge in [-0.1, -0.05) is 18.2 Å². The number of rotatable bonds is 3. The van der Waals surface area contributed by atoms with Crippen LogP contribution in [0, 0.1) is 0 Å². The molecule has 0 aliphatic rings. The minimum atomic E-state index is -1.26. The molecule has 4 heteroatoms. The van der Waals surface area contributed by atoms with Crippen molar-refractivity contribution in [2.45, 2.75) is 12.3 Å². The number of nitrogens with one attached hydrogen (secondary N) is 1. The Bertz CT molecular complexity index is 532. The Hall–Kier alpha value is -1.81. The van der Waals surface area contributed by atoms with E-state index in [1.165, 1.54) is 6.92 Å². The standard InChI is InChI=1S/C12H13NO3/c1-12(7-14,11(15)16)9-6-13-10-5-3-2-4-8(9)10/h2-6,13-14H,7H2,1H3,(H,15,16). The molecule has 0 saturated heterocycles. The number of hydrogen-bond donors (Lipinski definition) is 3. The van der Waals surface area contributed by atoms with Gasteiger partial charge in [0.05, 0.1) is 6.61 Å². The number of aliphatic hydroxyl groups is 1. The lowest BCUT2D eigenvalue weighted by atomic mass is 9.83. The lowest BCUT2D eigenvalue weighted by Gasteiger charge is -2.21. The fourth-order valence-corrected chi connectivity index (χ4v) is 1.80. The Morgan fingerprint density at radius 2 is 2.12 bits per heavy atom. The average Bonchev–Trinajstić information content (AvgIpc) is 2.72. The fraction of sp³-hybridized carbons (Fsp3) is 0.250. The normalized spacial score (nSPS) is 14.9. The molecule has 0 radical (unpaired) electrons. The molecule has 2 rings (SSSR count). The second kappa shape index (κ2) is 3.64. The first-order valence-corrected chi connectivity index (χ1v) is 5.00. The molecule has 0 amide bonds. The lowest BCUT2D eigenvalue weighted by Crippen LogP contribution is -2.36. The van der Waals surface area contributed by atoms with Crippen molar-refractivity contribution >= 4 is 16.9 Å². The summed E-state index contributed by atoms with van der Waals surface area (Å²) in [6.45, 7) is 1.09. The fourth-order valence-electron chi connectivity index (χ4n) is 1.80. The van der Waals surface area contributed by atoms with Crippen molar-refractivity contribution in [2.24, 2.45) is 0 Å². The maximum Gasteiger partial charge on any atom is 0.316 e. The number of benzene rings is 1. The number of aromatic amines is 1. The largest absolute Gasteiger partial charge is 0.481 e. The third kappa shape index (κ3) is 1.39. The molecule has 84 valence electrons. The highest BCUT2D eigenvalue weighted by atomic mass is 16.4. The highest BCUT2D eigenvalue weighted by molar-refractivity contribution is 5.91. The highest BCUT2D eigenvalue weighted by Crippen LogP contribution is 2.30. The molecule has 3 N–H and O–H groups in total. The molecule has 0 fully saturated rings. The Morgan fingerprint density at radius 1 is 1.44 bits per heavy atom. The number of aliphatic hydroxyl groups excluding tert-OH is 1. The van der Waals surface area contributed by atoms with Crippen molar-refractivity contribution in [1.29, 1.82) is 0 Å². The smallest absolute Gasteiger partial charge is 0.316 e. The van der Waals surface area contributed by atoms with Gasteiger partial charge in [0.1, 0.15) is 5.41 Å². The monoisotopic (exact) mass is 219 g/mol. The molecule has 1 atom stereocenters. The van der Waals surface area contributed by atoms with Gasteiger partial charge in [-0.2, -0.15) is 0 Å². The summed E-state index contributed by atoms with van der Waals surface area (Å²) in [4.78, 5) is 14.2. The molecule has 0 saturated carbocycles. The summed E-state index contributed by atoms with van der Waals surface area (Å²) in [5.74, 6) is -1.03. The summed E-state index contributed by atoms with van der Waals surface area (Å²) in [5, 5.41) is 19.3. The van der Waals surface area contributed by atoms with Gasteiger partial charge in [-0.25, -0.2) is 0 Å². The zero-order valence-corrected chi connectivity index (χ0v) is 8.90. The third-order valence-electron chi connectivity index (χ3n) is 2.97. The van der Waals surface area contributed by atoms with E-state index in [0.29, 0.717) is 5.56 Å². The molecule has 16 heavy (non-hydrogen) atoms. The van der Waals surface area contributed by atoms with Crippen LogP contribution in [0.4, 0.5) is 0 Å². The average molecular weight is 219 g/mol. The lowest BCUT2D eigenvalue weighted by molar-refractivity contribution is -0.144. The quantitative estimate of drug-likeness (QED) is 0.732. The van der Waals surface area contributed by atoms with Crippen LogP contribution in [0.2, 0.25) is 0 Å². The van der Waals surface area contributed by atoms with Crippen LogP contribution < -0.4 is 0 Å². The first-order valence-electron chi connectivity index (χ1n) is 5.00. The van der Waals surface area contributed by atoms with Crippen LogP contribution in [0.3, 0.4) is 0 Å². The number of fused-ring (bicyclic) bond motifs is 1. The summed E-state index contributed by atoms with van der Waals surface area (Å²) >= 11 is 0. The Labute approximate surface area is 92.5 Å². The number of hydrogen-bond acceptors (Lipinski definition) is 2. The molecule has 2 aromatic rings. The molecule has 1 heterocycles. The molecule has 1 unspecified atom stereocenters. The molecule has 0 aliphatic carbocycles. The van der Waals surface area contributed by atoms with Gasteiger partial charge in [0.15, 0.2) is 0 Å². The van der Waals surface area contributed by atoms with Crippen LogP contribution in [-0.2, 0) is 10.2 Å². The van der Waals surface area contributed by atoms with Crippen molar-refractivity contribution in [2.75, 3.05) is 6.61 Å². The molecule has 1 aromatic heterocycles. The van der Waals surface area contributed by atoms with E-state index in [4.69, 9.17) is 0 Å². The number of para-hydroxylation sites is 1. The maximum absolute atomic E-state index is 11.2. The minimum Gasteiger partial charge on any atom is -0.481 e. The molecule has 0 aliphatic heterocycles. The molecular weight excluding hydrogens is 206 g/mol. The first kappa shape index (κ1) is 10.7. The van der Waals surface area contributed by atoms with Gasteiger partial charge in [0, 0.05) is 17.1 Å². The van der Waals surface area contributed by atoms with Gasteiger partial charge in [0.25, 0.3) is 0 Å². The molecule has 1 aromatic carbocycles. The van der Waals surface area contributed by atoms with Crippen molar-refractivity contribution < 1.29 is 15.0 Å². The predicted octanol–water partition coefficient (Wildman–Crippen LogP) is 1.50. The van der Waals surface area contributed by atoms with E-state index in [9.17, 15) is 15.0 Å². The van der Waals surface area contributed by atoms with E-state index in [1.807, 2.05) is 24.3 Å². The van der Waals surface area contributed by atoms with E-state index in [2.05, 4.69) is 4.98 Å². The minimum absolute atomic E-state index is 0.426. The van der Waals surface area contributed by atoms with Gasteiger partial charge in [0.2, 0.25) is 0 Å². The second-order valence-electron chi connectivity index (χ2n) is 4.04. The SMILES string of the molecule is CC(CO)(C(=O)O)c1c[nH]c2ccccc12. The van der Waals surface area contributed by atoms with E-state index in [0.717, 1.165) is 10.9 Å². The number of aromatic nitrogens is 1. The van der Waals surface area contributed by atoms with Gasteiger partial charge in [-0.05, 0) is 18.6 Å². The van der Waals surface area contributed by atoms with Crippen molar-refractivity contribution in [1.82, 2.24) is 4.98 Å². The highest BCUT2D eigenvalue weighted by Gasteiger charge is 2.36. The van der Waals surface area contributed by atoms with Gasteiger partial charge in [-0.3, -0.25) is 4.79 Å². The number of aliphatic carboxylic acids is 1. The van der Waals surface area contributed by atoms with Gasteiger partial charge >= 0.3 is 5.97 Å².